The first-order valence-corrected chi connectivity index (χ1v) is 10.4. The fourth-order valence-electron chi connectivity index (χ4n) is 7.59. The van der Waals surface area contributed by atoms with Gasteiger partial charge in [0.05, 0.1) is 6.10 Å². The van der Waals surface area contributed by atoms with Gasteiger partial charge in [-0.2, -0.15) is 0 Å². The maximum absolute atomic E-state index is 10.1. The molecule has 4 rings (SSSR count). The number of hydrogen-bond acceptors (Lipinski definition) is 1. The minimum Gasteiger partial charge on any atom is -0.393 e. The van der Waals surface area contributed by atoms with Crippen molar-refractivity contribution in [1.29, 1.82) is 0 Å². The molecule has 0 amide bonds. The van der Waals surface area contributed by atoms with Crippen molar-refractivity contribution in [2.75, 3.05) is 0 Å². The maximum atomic E-state index is 10.1. The Morgan fingerprint density at radius 1 is 1.12 bits per heavy atom. The van der Waals surface area contributed by atoms with Gasteiger partial charge >= 0.3 is 0 Å². The highest BCUT2D eigenvalue weighted by atomic mass is 16.3. The number of aliphatic hydroxyl groups excluding tert-OH is 1. The fourth-order valence-corrected chi connectivity index (χ4v) is 7.59. The lowest BCUT2D eigenvalue weighted by molar-refractivity contribution is -0.0454. The summed E-state index contributed by atoms with van der Waals surface area (Å²) in [4.78, 5) is 0. The van der Waals surface area contributed by atoms with Crippen molar-refractivity contribution in [3.05, 3.63) is 23.3 Å². The van der Waals surface area contributed by atoms with E-state index in [9.17, 15) is 5.11 Å². The second-order valence-electron chi connectivity index (χ2n) is 9.86. The molecule has 24 heavy (non-hydrogen) atoms. The van der Waals surface area contributed by atoms with E-state index in [1.807, 2.05) is 0 Å². The van der Waals surface area contributed by atoms with Gasteiger partial charge in [-0.25, -0.2) is 0 Å². The summed E-state index contributed by atoms with van der Waals surface area (Å²) in [6.45, 7) is 9.74. The van der Waals surface area contributed by atoms with Gasteiger partial charge in [0.2, 0.25) is 0 Å². The van der Waals surface area contributed by atoms with Gasteiger partial charge in [0.1, 0.15) is 0 Å². The lowest BCUT2D eigenvalue weighted by Crippen LogP contribution is -2.50. The van der Waals surface area contributed by atoms with E-state index in [0.29, 0.717) is 10.8 Å². The van der Waals surface area contributed by atoms with E-state index in [2.05, 4.69) is 39.8 Å². The Kier molecular flexibility index (Phi) is 4.03. The molecule has 7 atom stereocenters. The lowest BCUT2D eigenvalue weighted by Gasteiger charge is -2.58. The summed E-state index contributed by atoms with van der Waals surface area (Å²) in [5, 5.41) is 10.1. The topological polar surface area (TPSA) is 20.2 Å². The lowest BCUT2D eigenvalue weighted by atomic mass is 9.47. The third-order valence-corrected chi connectivity index (χ3v) is 9.08. The Morgan fingerprint density at radius 2 is 1.92 bits per heavy atom. The number of allylic oxidation sites excluding steroid dienone is 3. The summed E-state index contributed by atoms with van der Waals surface area (Å²) in [6.07, 6.45) is 15.0. The molecule has 0 spiro atoms. The number of rotatable bonds is 1. The van der Waals surface area contributed by atoms with E-state index >= 15 is 0 Å². The average molecular weight is 329 g/mol. The summed E-state index contributed by atoms with van der Waals surface area (Å²) in [5.41, 5.74) is 4.16. The summed E-state index contributed by atoms with van der Waals surface area (Å²) >= 11 is 0. The van der Waals surface area contributed by atoms with Crippen LogP contribution in [0.4, 0.5) is 0 Å². The Hall–Kier alpha value is -0.560. The first-order valence-electron chi connectivity index (χ1n) is 10.4. The van der Waals surface area contributed by atoms with Crippen molar-refractivity contribution >= 4 is 0 Å². The van der Waals surface area contributed by atoms with E-state index in [1.54, 1.807) is 11.1 Å². The van der Waals surface area contributed by atoms with Crippen LogP contribution in [0.5, 0.6) is 0 Å². The molecule has 0 saturated heterocycles. The molecule has 1 nitrogen and oxygen atoms in total. The molecular weight excluding hydrogens is 292 g/mol. The highest BCUT2D eigenvalue weighted by molar-refractivity contribution is 5.26. The molecular formula is C23H36O. The van der Waals surface area contributed by atoms with Gasteiger partial charge in [-0.05, 0) is 99.7 Å². The predicted molar refractivity (Wildman–Crippen MR) is 101 cm³/mol. The van der Waals surface area contributed by atoms with Crippen LogP contribution < -0.4 is 0 Å². The first-order chi connectivity index (χ1) is 11.4. The van der Waals surface area contributed by atoms with E-state index in [4.69, 9.17) is 0 Å². The largest absolute Gasteiger partial charge is 0.393 e. The minimum atomic E-state index is -0.0806. The molecule has 3 fully saturated rings. The van der Waals surface area contributed by atoms with E-state index < -0.39 is 0 Å². The zero-order valence-electron chi connectivity index (χ0n) is 16.1. The smallest absolute Gasteiger partial charge is 0.0577 e. The van der Waals surface area contributed by atoms with Crippen molar-refractivity contribution in [1.82, 2.24) is 0 Å². The number of aliphatic hydroxyl groups is 1. The van der Waals surface area contributed by atoms with E-state index in [1.165, 1.54) is 38.5 Å². The van der Waals surface area contributed by atoms with Crippen LogP contribution in [-0.4, -0.2) is 11.2 Å². The standard InChI is InChI=1S/C23H36O/c1-5-15(2)19-8-9-20-18-7-6-16-14-17(24)10-12-22(16,3)21(18)11-13-23(19,20)4/h5-6,17-21,24H,7-14H2,1-4H3. The predicted octanol–water partition coefficient (Wildman–Crippen LogP) is 5.89. The monoisotopic (exact) mass is 328 g/mol. The molecule has 0 heterocycles. The van der Waals surface area contributed by atoms with Crippen LogP contribution in [0, 0.1) is 34.5 Å². The van der Waals surface area contributed by atoms with Crippen molar-refractivity contribution < 1.29 is 5.11 Å². The SMILES string of the molecule is CC=C(C)C1CCC2C3CC=C4CC(O)CCC4(C)C3CCC12C. The fraction of sp³-hybridized carbons (Fsp3) is 0.826. The van der Waals surface area contributed by atoms with Crippen LogP contribution in [0.25, 0.3) is 0 Å². The molecule has 7 unspecified atom stereocenters. The molecule has 0 aliphatic heterocycles. The number of fused-ring (bicyclic) bond motifs is 5. The Balaban J connectivity index is 1.65. The van der Waals surface area contributed by atoms with Gasteiger partial charge in [0.25, 0.3) is 0 Å². The van der Waals surface area contributed by atoms with Gasteiger partial charge < -0.3 is 5.11 Å². The van der Waals surface area contributed by atoms with Crippen LogP contribution >= 0.6 is 0 Å². The van der Waals surface area contributed by atoms with Gasteiger partial charge in [0.15, 0.2) is 0 Å². The van der Waals surface area contributed by atoms with Gasteiger partial charge in [-0.15, -0.1) is 0 Å². The first kappa shape index (κ1) is 16.9. The molecule has 1 heteroatoms. The summed E-state index contributed by atoms with van der Waals surface area (Å²) < 4.78 is 0. The van der Waals surface area contributed by atoms with Crippen LogP contribution in [0.3, 0.4) is 0 Å². The molecule has 0 aromatic heterocycles. The summed E-state index contributed by atoms with van der Waals surface area (Å²) in [7, 11) is 0. The normalized spacial score (nSPS) is 51.5. The molecule has 3 saturated carbocycles. The quantitative estimate of drug-likeness (QED) is 0.595. The molecule has 134 valence electrons. The van der Waals surface area contributed by atoms with Crippen LogP contribution in [0.2, 0.25) is 0 Å². The Bertz CT molecular complexity index is 573. The Labute approximate surface area is 148 Å². The van der Waals surface area contributed by atoms with Crippen molar-refractivity contribution in [3.63, 3.8) is 0 Å². The van der Waals surface area contributed by atoms with Crippen LogP contribution in [0.1, 0.15) is 79.1 Å². The molecule has 4 aliphatic rings. The van der Waals surface area contributed by atoms with Crippen molar-refractivity contribution in [3.8, 4) is 0 Å². The molecule has 0 radical (unpaired) electrons. The Morgan fingerprint density at radius 3 is 2.67 bits per heavy atom. The number of hydrogen-bond donors (Lipinski definition) is 1. The maximum Gasteiger partial charge on any atom is 0.0577 e. The zero-order valence-corrected chi connectivity index (χ0v) is 16.1. The van der Waals surface area contributed by atoms with Gasteiger partial charge in [0, 0.05) is 0 Å². The second kappa shape index (κ2) is 5.73. The summed E-state index contributed by atoms with van der Waals surface area (Å²) in [5.74, 6) is 3.49. The highest BCUT2D eigenvalue weighted by Crippen LogP contribution is 2.67. The highest BCUT2D eigenvalue weighted by Gasteiger charge is 2.58. The van der Waals surface area contributed by atoms with Crippen LogP contribution in [0.15, 0.2) is 23.3 Å². The third kappa shape index (κ3) is 2.23. The molecule has 0 aromatic rings. The summed E-state index contributed by atoms with van der Waals surface area (Å²) in [6, 6.07) is 0. The second-order valence-corrected chi connectivity index (χ2v) is 9.86. The molecule has 0 bridgehead atoms. The van der Waals surface area contributed by atoms with E-state index in [0.717, 1.165) is 36.5 Å². The molecule has 4 aliphatic carbocycles. The van der Waals surface area contributed by atoms with Gasteiger partial charge in [-0.1, -0.05) is 37.1 Å². The molecule has 1 N–H and O–H groups in total. The average Bonchev–Trinajstić information content (AvgIpc) is 2.92. The van der Waals surface area contributed by atoms with Crippen molar-refractivity contribution in [2.45, 2.75) is 85.2 Å². The third-order valence-electron chi connectivity index (χ3n) is 9.08. The van der Waals surface area contributed by atoms with Gasteiger partial charge in [-0.3, -0.25) is 0 Å². The van der Waals surface area contributed by atoms with Crippen molar-refractivity contribution in [2.24, 2.45) is 34.5 Å². The van der Waals surface area contributed by atoms with Crippen LogP contribution in [-0.2, 0) is 0 Å². The molecule has 0 aromatic carbocycles. The minimum absolute atomic E-state index is 0.0806. The zero-order chi connectivity index (χ0) is 17.1. The van der Waals surface area contributed by atoms with E-state index in [-0.39, 0.29) is 6.10 Å².